The van der Waals surface area contributed by atoms with Crippen LogP contribution in [0.3, 0.4) is 0 Å². The van der Waals surface area contributed by atoms with Gasteiger partial charge in [0.1, 0.15) is 11.3 Å². The Morgan fingerprint density at radius 1 is 1.31 bits per heavy atom. The molecule has 4 heterocycles. The van der Waals surface area contributed by atoms with Crippen LogP contribution in [0.25, 0.3) is 15.7 Å². The first-order chi connectivity index (χ1) is 12.5. The summed E-state index contributed by atoms with van der Waals surface area (Å²) in [6.07, 6.45) is 3.30. The van der Waals surface area contributed by atoms with Gasteiger partial charge in [-0.1, -0.05) is 6.92 Å². The lowest BCUT2D eigenvalue weighted by Gasteiger charge is -2.30. The normalized spacial score (nSPS) is 16.0. The van der Waals surface area contributed by atoms with Crippen LogP contribution in [0.1, 0.15) is 38.4 Å². The Bertz CT molecular complexity index is 1010. The molecule has 26 heavy (non-hydrogen) atoms. The van der Waals surface area contributed by atoms with E-state index in [1.165, 1.54) is 4.68 Å². The minimum absolute atomic E-state index is 0.0850. The molecule has 0 bridgehead atoms. The van der Waals surface area contributed by atoms with Gasteiger partial charge in [-0.2, -0.15) is 5.10 Å². The molecule has 0 atom stereocenters. The monoisotopic (exact) mass is 372 g/mol. The van der Waals surface area contributed by atoms with Gasteiger partial charge in [0.2, 0.25) is 5.91 Å². The number of aromatic nitrogens is 3. The molecule has 3 aromatic heterocycles. The highest BCUT2D eigenvalue weighted by molar-refractivity contribution is 7.17. The number of piperidine rings is 1. The highest BCUT2D eigenvalue weighted by Crippen LogP contribution is 2.24. The Balaban J connectivity index is 1.47. The van der Waals surface area contributed by atoms with E-state index in [0.717, 1.165) is 42.0 Å². The number of hydrogen-bond donors (Lipinski definition) is 0. The molecule has 1 amide bonds. The van der Waals surface area contributed by atoms with Crippen molar-refractivity contribution in [3.63, 3.8) is 0 Å². The number of aryl methyl sites for hydroxylation is 2. The Kier molecular flexibility index (Phi) is 4.56. The average molecular weight is 372 g/mol. The Hall–Kier alpha value is -2.15. The van der Waals surface area contributed by atoms with Crippen molar-refractivity contribution in [2.24, 2.45) is 5.92 Å². The predicted octanol–water partition coefficient (Wildman–Crippen LogP) is 3.06. The lowest BCUT2D eigenvalue weighted by molar-refractivity contribution is -0.132. The number of nitrogens with zero attached hydrogens (tertiary/aromatic N) is 4. The lowest BCUT2D eigenvalue weighted by Crippen LogP contribution is -2.38. The van der Waals surface area contributed by atoms with E-state index in [1.54, 1.807) is 11.3 Å². The summed E-state index contributed by atoms with van der Waals surface area (Å²) in [5, 5.41) is 6.49. The van der Waals surface area contributed by atoms with Crippen molar-refractivity contribution in [1.82, 2.24) is 19.1 Å². The molecule has 7 heteroatoms. The number of fused-ring (bicyclic) bond motifs is 3. The van der Waals surface area contributed by atoms with E-state index in [1.807, 2.05) is 33.7 Å². The Morgan fingerprint density at radius 3 is 2.85 bits per heavy atom. The van der Waals surface area contributed by atoms with Gasteiger partial charge >= 0.3 is 0 Å². The van der Waals surface area contributed by atoms with Crippen LogP contribution in [-0.2, 0) is 11.3 Å². The maximum atomic E-state index is 12.8. The van der Waals surface area contributed by atoms with E-state index in [0.29, 0.717) is 30.8 Å². The molecular formula is C19H24N4O2S. The lowest BCUT2D eigenvalue weighted by atomic mass is 9.99. The number of carbonyl (C=O) groups is 1. The molecule has 1 aliphatic heterocycles. The first-order valence-electron chi connectivity index (χ1n) is 9.29. The zero-order valence-electron chi connectivity index (χ0n) is 15.3. The quantitative estimate of drug-likeness (QED) is 0.707. The second kappa shape index (κ2) is 6.87. The predicted molar refractivity (Wildman–Crippen MR) is 104 cm³/mol. The average Bonchev–Trinajstić information content (AvgIpc) is 3.20. The van der Waals surface area contributed by atoms with Crippen molar-refractivity contribution in [3.8, 4) is 0 Å². The third-order valence-electron chi connectivity index (χ3n) is 5.36. The highest BCUT2D eigenvalue weighted by atomic mass is 32.1. The highest BCUT2D eigenvalue weighted by Gasteiger charge is 2.20. The van der Waals surface area contributed by atoms with E-state index >= 15 is 0 Å². The standard InChI is InChI=1S/C19H24N4O2S/c1-13-5-9-21(10-6-13)18(24)4-3-8-22-19(25)16-12-17-15(7-11-26-17)23(16)14(2)20-22/h7,11-13H,3-6,8-10H2,1-2H3. The van der Waals surface area contributed by atoms with Crippen molar-refractivity contribution in [3.05, 3.63) is 33.7 Å². The minimum Gasteiger partial charge on any atom is -0.343 e. The molecule has 6 nitrogen and oxygen atoms in total. The summed E-state index contributed by atoms with van der Waals surface area (Å²) in [6.45, 7) is 6.36. The molecule has 1 aliphatic rings. The van der Waals surface area contributed by atoms with E-state index in [2.05, 4.69) is 12.0 Å². The van der Waals surface area contributed by atoms with Gasteiger partial charge in [-0.25, -0.2) is 4.68 Å². The van der Waals surface area contributed by atoms with Gasteiger partial charge in [0.25, 0.3) is 5.56 Å². The van der Waals surface area contributed by atoms with Gasteiger partial charge < -0.3 is 4.90 Å². The molecule has 0 N–H and O–H groups in total. The number of rotatable bonds is 4. The first kappa shape index (κ1) is 17.3. The molecule has 0 unspecified atom stereocenters. The van der Waals surface area contributed by atoms with Crippen LogP contribution >= 0.6 is 11.3 Å². The van der Waals surface area contributed by atoms with Gasteiger partial charge in [-0.3, -0.25) is 14.0 Å². The maximum absolute atomic E-state index is 12.8. The number of likely N-dealkylation sites (tertiary alicyclic amines) is 1. The third-order valence-corrected chi connectivity index (χ3v) is 6.22. The SMILES string of the molecule is Cc1nn(CCCC(=O)N2CCC(C)CC2)c(=O)c2cc3sccc3n12. The van der Waals surface area contributed by atoms with Gasteiger partial charge in [-0.05, 0) is 49.6 Å². The fourth-order valence-corrected chi connectivity index (χ4v) is 4.58. The van der Waals surface area contributed by atoms with Crippen LogP contribution in [0.5, 0.6) is 0 Å². The summed E-state index contributed by atoms with van der Waals surface area (Å²) in [7, 11) is 0. The molecule has 138 valence electrons. The largest absolute Gasteiger partial charge is 0.343 e. The molecule has 0 radical (unpaired) electrons. The third kappa shape index (κ3) is 3.05. The van der Waals surface area contributed by atoms with E-state index < -0.39 is 0 Å². The zero-order chi connectivity index (χ0) is 18.3. The molecule has 4 rings (SSSR count). The van der Waals surface area contributed by atoms with Crippen molar-refractivity contribution in [1.29, 1.82) is 0 Å². The maximum Gasteiger partial charge on any atom is 0.291 e. The van der Waals surface area contributed by atoms with Crippen LogP contribution in [0.15, 0.2) is 22.3 Å². The summed E-state index contributed by atoms with van der Waals surface area (Å²) >= 11 is 1.63. The van der Waals surface area contributed by atoms with Crippen molar-refractivity contribution in [2.75, 3.05) is 13.1 Å². The van der Waals surface area contributed by atoms with E-state index in [4.69, 9.17) is 0 Å². The molecule has 0 saturated carbocycles. The molecular weight excluding hydrogens is 348 g/mol. The van der Waals surface area contributed by atoms with Crippen LogP contribution in [0.4, 0.5) is 0 Å². The van der Waals surface area contributed by atoms with Crippen LogP contribution in [-0.4, -0.2) is 38.1 Å². The Morgan fingerprint density at radius 2 is 2.08 bits per heavy atom. The number of carbonyl (C=O) groups excluding carboxylic acids is 1. The molecule has 0 aliphatic carbocycles. The summed E-state index contributed by atoms with van der Waals surface area (Å²) in [6, 6.07) is 3.96. The molecule has 0 spiro atoms. The van der Waals surface area contributed by atoms with Gasteiger partial charge in [0.05, 0.1) is 10.2 Å². The number of hydrogen-bond acceptors (Lipinski definition) is 4. The molecule has 1 saturated heterocycles. The van der Waals surface area contributed by atoms with Crippen LogP contribution in [0, 0.1) is 12.8 Å². The second-order valence-electron chi connectivity index (χ2n) is 7.28. The zero-order valence-corrected chi connectivity index (χ0v) is 16.1. The molecule has 0 aromatic carbocycles. The number of amides is 1. The molecule has 1 fully saturated rings. The van der Waals surface area contributed by atoms with E-state index in [9.17, 15) is 9.59 Å². The number of thiophene rings is 1. The van der Waals surface area contributed by atoms with Crippen LogP contribution in [0.2, 0.25) is 0 Å². The Labute approximate surface area is 156 Å². The summed E-state index contributed by atoms with van der Waals surface area (Å²) in [5.74, 6) is 1.71. The minimum atomic E-state index is -0.0850. The second-order valence-corrected chi connectivity index (χ2v) is 8.23. The summed E-state index contributed by atoms with van der Waals surface area (Å²) in [4.78, 5) is 27.1. The fraction of sp³-hybridized carbons (Fsp3) is 0.526. The topological polar surface area (TPSA) is 59.6 Å². The van der Waals surface area contributed by atoms with Crippen molar-refractivity contribution in [2.45, 2.75) is 46.1 Å². The fourth-order valence-electron chi connectivity index (χ4n) is 3.78. The summed E-state index contributed by atoms with van der Waals surface area (Å²) < 4.78 is 4.53. The van der Waals surface area contributed by atoms with Gasteiger partial charge in [0, 0.05) is 26.1 Å². The molecule has 3 aromatic rings. The van der Waals surface area contributed by atoms with Crippen LogP contribution < -0.4 is 5.56 Å². The van der Waals surface area contributed by atoms with Gasteiger partial charge in [0.15, 0.2) is 0 Å². The smallest absolute Gasteiger partial charge is 0.291 e. The first-order valence-corrected chi connectivity index (χ1v) is 10.2. The van der Waals surface area contributed by atoms with Crippen molar-refractivity contribution >= 4 is 33.0 Å². The van der Waals surface area contributed by atoms with Gasteiger partial charge in [-0.15, -0.1) is 11.3 Å². The summed E-state index contributed by atoms with van der Waals surface area (Å²) in [5.41, 5.74) is 1.61. The van der Waals surface area contributed by atoms with Crippen molar-refractivity contribution < 1.29 is 4.79 Å². The van der Waals surface area contributed by atoms with E-state index in [-0.39, 0.29) is 11.5 Å².